The smallest absolute Gasteiger partial charge is 0.257 e. The molecular formula is C24H31N5O3. The van der Waals surface area contributed by atoms with Gasteiger partial charge >= 0.3 is 0 Å². The van der Waals surface area contributed by atoms with Gasteiger partial charge < -0.3 is 20.1 Å². The number of piperidine rings is 1. The van der Waals surface area contributed by atoms with Crippen molar-refractivity contribution in [3.8, 4) is 11.5 Å². The second-order valence-corrected chi connectivity index (χ2v) is 8.32. The number of ether oxygens (including phenoxy) is 2. The summed E-state index contributed by atoms with van der Waals surface area (Å²) in [6, 6.07) is 5.72. The van der Waals surface area contributed by atoms with Gasteiger partial charge in [0, 0.05) is 43.2 Å². The number of rotatable bonds is 6. The van der Waals surface area contributed by atoms with Crippen molar-refractivity contribution < 1.29 is 14.3 Å². The number of nitrogens with zero attached hydrogens (tertiary/aromatic N) is 4. The van der Waals surface area contributed by atoms with Crippen LogP contribution in [0.25, 0.3) is 10.9 Å². The summed E-state index contributed by atoms with van der Waals surface area (Å²) in [5.74, 6) is 1.56. The Labute approximate surface area is 188 Å². The number of anilines is 1. The monoisotopic (exact) mass is 437 g/mol. The van der Waals surface area contributed by atoms with E-state index < -0.39 is 0 Å². The fraction of sp³-hybridized carbons (Fsp3) is 0.458. The molecule has 0 radical (unpaired) electrons. The van der Waals surface area contributed by atoms with Crippen LogP contribution in [0.3, 0.4) is 0 Å². The molecule has 4 rings (SSSR count). The number of carbonyl (C=O) groups is 1. The predicted octanol–water partition coefficient (Wildman–Crippen LogP) is 3.77. The number of nitrogen functional groups attached to an aromatic ring is 1. The van der Waals surface area contributed by atoms with Gasteiger partial charge in [-0.05, 0) is 38.3 Å². The van der Waals surface area contributed by atoms with Crippen LogP contribution >= 0.6 is 0 Å². The van der Waals surface area contributed by atoms with Crippen molar-refractivity contribution in [3.63, 3.8) is 0 Å². The van der Waals surface area contributed by atoms with Crippen LogP contribution in [0, 0.1) is 6.92 Å². The topological polar surface area (TPSA) is 95.5 Å². The molecule has 1 amide bonds. The summed E-state index contributed by atoms with van der Waals surface area (Å²) in [4.78, 5) is 19.9. The molecule has 0 bridgehead atoms. The minimum absolute atomic E-state index is 0.0552. The molecule has 3 aromatic rings. The summed E-state index contributed by atoms with van der Waals surface area (Å²) >= 11 is 0. The number of benzene rings is 1. The third-order valence-electron chi connectivity index (χ3n) is 6.18. The molecule has 3 heterocycles. The van der Waals surface area contributed by atoms with Crippen molar-refractivity contribution in [2.45, 2.75) is 45.6 Å². The van der Waals surface area contributed by atoms with Gasteiger partial charge in [-0.15, -0.1) is 0 Å². The first-order chi connectivity index (χ1) is 15.4. The summed E-state index contributed by atoms with van der Waals surface area (Å²) < 4.78 is 12.7. The van der Waals surface area contributed by atoms with Gasteiger partial charge in [-0.1, -0.05) is 6.92 Å². The molecule has 32 heavy (non-hydrogen) atoms. The van der Waals surface area contributed by atoms with Gasteiger partial charge in [0.25, 0.3) is 5.91 Å². The third-order valence-corrected chi connectivity index (χ3v) is 6.18. The zero-order chi connectivity index (χ0) is 22.8. The Morgan fingerprint density at radius 3 is 2.50 bits per heavy atom. The van der Waals surface area contributed by atoms with Crippen molar-refractivity contribution in [1.82, 2.24) is 19.7 Å². The van der Waals surface area contributed by atoms with Gasteiger partial charge in [0.15, 0.2) is 11.5 Å². The molecule has 0 spiro atoms. The lowest BCUT2D eigenvalue weighted by molar-refractivity contribution is 0.0711. The summed E-state index contributed by atoms with van der Waals surface area (Å²) in [5.41, 5.74) is 10.3. The van der Waals surface area contributed by atoms with E-state index in [1.807, 2.05) is 40.9 Å². The van der Waals surface area contributed by atoms with Crippen molar-refractivity contribution in [2.24, 2.45) is 0 Å². The number of carbonyl (C=O) groups excluding carboxylic acids is 1. The number of hydrogen-bond donors (Lipinski definition) is 1. The zero-order valence-electron chi connectivity index (χ0n) is 19.2. The highest BCUT2D eigenvalue weighted by Crippen LogP contribution is 2.36. The second-order valence-electron chi connectivity index (χ2n) is 8.32. The number of nitrogens with two attached hydrogens (primary N) is 1. The number of aromatic nitrogens is 3. The van der Waals surface area contributed by atoms with Gasteiger partial charge in [0.1, 0.15) is 0 Å². The molecule has 1 saturated heterocycles. The molecule has 2 aromatic heterocycles. The lowest BCUT2D eigenvalue weighted by atomic mass is 9.91. The molecule has 8 nitrogen and oxygen atoms in total. The lowest BCUT2D eigenvalue weighted by Crippen LogP contribution is -2.38. The minimum Gasteiger partial charge on any atom is -0.493 e. The molecule has 0 saturated carbocycles. The van der Waals surface area contributed by atoms with Crippen LogP contribution in [-0.2, 0) is 6.54 Å². The minimum atomic E-state index is 0.0552. The standard InChI is InChI=1S/C24H31N5O3/c1-5-8-29-14-18(15(2)27-29)24(30)28-9-6-16(7-10-28)23-19(25)11-17-12-21(31-3)22(32-4)13-20(17)26-23/h11-14,16H,5-10,25H2,1-4H3. The van der Waals surface area contributed by atoms with Crippen LogP contribution in [0.15, 0.2) is 24.4 Å². The first-order valence-electron chi connectivity index (χ1n) is 11.1. The Morgan fingerprint density at radius 1 is 1.16 bits per heavy atom. The van der Waals surface area contributed by atoms with Gasteiger partial charge in [-0.2, -0.15) is 5.10 Å². The summed E-state index contributed by atoms with van der Waals surface area (Å²) in [6.45, 7) is 6.16. The largest absolute Gasteiger partial charge is 0.493 e. The van der Waals surface area contributed by atoms with Crippen LogP contribution < -0.4 is 15.2 Å². The highest BCUT2D eigenvalue weighted by Gasteiger charge is 2.28. The highest BCUT2D eigenvalue weighted by molar-refractivity contribution is 5.95. The molecule has 1 aliphatic rings. The Kier molecular flexibility index (Phi) is 6.21. The number of amides is 1. The average Bonchev–Trinajstić information content (AvgIpc) is 3.17. The molecule has 0 unspecified atom stereocenters. The third kappa shape index (κ3) is 4.09. The number of aryl methyl sites for hydroxylation is 2. The number of pyridine rings is 1. The van der Waals surface area contributed by atoms with Crippen molar-refractivity contribution >= 4 is 22.5 Å². The molecule has 8 heteroatoms. The molecule has 0 atom stereocenters. The van der Waals surface area contributed by atoms with E-state index in [1.54, 1.807) is 14.2 Å². The summed E-state index contributed by atoms with van der Waals surface area (Å²) in [7, 11) is 3.22. The maximum Gasteiger partial charge on any atom is 0.257 e. The van der Waals surface area contributed by atoms with Crippen LogP contribution in [-0.4, -0.2) is 52.9 Å². The van der Waals surface area contributed by atoms with Gasteiger partial charge in [-0.3, -0.25) is 14.5 Å². The van der Waals surface area contributed by atoms with Crippen molar-refractivity contribution in [2.75, 3.05) is 33.0 Å². The fourth-order valence-corrected chi connectivity index (χ4v) is 4.46. The van der Waals surface area contributed by atoms with Crippen LogP contribution in [0.2, 0.25) is 0 Å². The number of likely N-dealkylation sites (tertiary alicyclic amines) is 1. The Bertz CT molecular complexity index is 1130. The van der Waals surface area contributed by atoms with Crippen LogP contribution in [0.4, 0.5) is 5.69 Å². The molecule has 2 N–H and O–H groups in total. The van der Waals surface area contributed by atoms with E-state index in [0.717, 1.165) is 48.1 Å². The molecule has 0 aliphatic carbocycles. The number of fused-ring (bicyclic) bond motifs is 1. The van der Waals surface area contributed by atoms with E-state index in [2.05, 4.69) is 12.0 Å². The molecule has 1 fully saturated rings. The summed E-state index contributed by atoms with van der Waals surface area (Å²) in [5, 5.41) is 5.38. The normalized spacial score (nSPS) is 14.7. The molecule has 1 aromatic carbocycles. The van der Waals surface area contributed by atoms with E-state index in [1.165, 1.54) is 0 Å². The Balaban J connectivity index is 1.51. The first-order valence-corrected chi connectivity index (χ1v) is 11.1. The fourth-order valence-electron chi connectivity index (χ4n) is 4.46. The molecule has 170 valence electrons. The highest BCUT2D eigenvalue weighted by atomic mass is 16.5. The van der Waals surface area contributed by atoms with Crippen molar-refractivity contribution in [3.05, 3.63) is 41.3 Å². The van der Waals surface area contributed by atoms with E-state index in [0.29, 0.717) is 35.8 Å². The molecular weight excluding hydrogens is 406 g/mol. The maximum absolute atomic E-state index is 13.1. The van der Waals surface area contributed by atoms with E-state index >= 15 is 0 Å². The predicted molar refractivity (Wildman–Crippen MR) is 124 cm³/mol. The SMILES string of the molecule is CCCn1cc(C(=O)N2CCC(c3nc4cc(OC)c(OC)cc4cc3N)CC2)c(C)n1. The van der Waals surface area contributed by atoms with Crippen molar-refractivity contribution in [1.29, 1.82) is 0 Å². The van der Waals surface area contributed by atoms with Gasteiger partial charge in [0.2, 0.25) is 0 Å². The van der Waals surface area contributed by atoms with Gasteiger partial charge in [0.05, 0.1) is 42.4 Å². The average molecular weight is 438 g/mol. The first kappa shape index (κ1) is 21.9. The maximum atomic E-state index is 13.1. The Hall–Kier alpha value is -3.29. The zero-order valence-corrected chi connectivity index (χ0v) is 19.2. The van der Waals surface area contributed by atoms with E-state index in [-0.39, 0.29) is 11.8 Å². The van der Waals surface area contributed by atoms with Crippen LogP contribution in [0.5, 0.6) is 11.5 Å². The quantitative estimate of drug-likeness (QED) is 0.631. The molecule has 1 aliphatic heterocycles. The number of methoxy groups -OCH3 is 2. The number of hydrogen-bond acceptors (Lipinski definition) is 6. The Morgan fingerprint density at radius 2 is 1.84 bits per heavy atom. The van der Waals surface area contributed by atoms with E-state index in [9.17, 15) is 4.79 Å². The lowest BCUT2D eigenvalue weighted by Gasteiger charge is -2.32. The van der Waals surface area contributed by atoms with Gasteiger partial charge in [-0.25, -0.2) is 0 Å². The second kappa shape index (κ2) is 9.06. The van der Waals surface area contributed by atoms with Crippen LogP contribution in [0.1, 0.15) is 53.8 Å². The summed E-state index contributed by atoms with van der Waals surface area (Å²) in [6.07, 6.45) is 4.50. The van der Waals surface area contributed by atoms with E-state index in [4.69, 9.17) is 20.2 Å².